The fourth-order valence-electron chi connectivity index (χ4n) is 4.75. The van der Waals surface area contributed by atoms with Crippen molar-refractivity contribution in [2.75, 3.05) is 24.6 Å². The number of anilines is 2. The van der Waals surface area contributed by atoms with Crippen molar-refractivity contribution in [1.82, 2.24) is 5.32 Å². The van der Waals surface area contributed by atoms with Crippen molar-refractivity contribution >= 4 is 28.1 Å². The van der Waals surface area contributed by atoms with Gasteiger partial charge in [-0.3, -0.25) is 0 Å². The average Bonchev–Trinajstić information content (AvgIpc) is 2.90. The van der Waals surface area contributed by atoms with E-state index in [0.29, 0.717) is 18.8 Å². The lowest BCUT2D eigenvalue weighted by Crippen LogP contribution is -2.44. The Labute approximate surface area is 211 Å². The standard InChI is InChI=1S/C30H30N2O4/c1-20-14-15-23(16-29(20)35-19-30(33)34)32-18-24(36-28-13-6-5-12-27(28)32)17-31-21(2)25-11-7-9-22-8-3-4-10-26(22)25/h3-16,21,24,31H,17-19H2,1-2H3,(H,33,34). The van der Waals surface area contributed by atoms with Gasteiger partial charge in [0.2, 0.25) is 0 Å². The third kappa shape index (κ3) is 4.99. The number of aryl methyl sites for hydroxylation is 1. The normalized spacial score (nSPS) is 15.7. The van der Waals surface area contributed by atoms with Crippen LogP contribution in [0.15, 0.2) is 84.9 Å². The maximum absolute atomic E-state index is 11.0. The zero-order valence-corrected chi connectivity index (χ0v) is 20.5. The molecule has 36 heavy (non-hydrogen) atoms. The third-order valence-corrected chi connectivity index (χ3v) is 6.61. The smallest absolute Gasteiger partial charge is 0.341 e. The van der Waals surface area contributed by atoms with E-state index in [-0.39, 0.29) is 18.8 Å². The summed E-state index contributed by atoms with van der Waals surface area (Å²) in [4.78, 5) is 13.2. The van der Waals surface area contributed by atoms with Gasteiger partial charge in [-0.2, -0.15) is 0 Å². The highest BCUT2D eigenvalue weighted by Gasteiger charge is 2.27. The minimum absolute atomic E-state index is 0.0815. The molecule has 1 aliphatic rings. The minimum Gasteiger partial charge on any atom is -0.485 e. The average molecular weight is 483 g/mol. The topological polar surface area (TPSA) is 71.0 Å². The molecule has 2 unspecified atom stereocenters. The second-order valence-corrected chi connectivity index (χ2v) is 9.15. The van der Waals surface area contributed by atoms with Crippen LogP contribution < -0.4 is 19.7 Å². The summed E-state index contributed by atoms with van der Waals surface area (Å²) in [6.07, 6.45) is -0.0815. The second kappa shape index (κ2) is 10.3. The summed E-state index contributed by atoms with van der Waals surface area (Å²) in [5.41, 5.74) is 4.07. The van der Waals surface area contributed by atoms with E-state index >= 15 is 0 Å². The fraction of sp³-hybridized carbons (Fsp3) is 0.233. The van der Waals surface area contributed by atoms with Crippen molar-refractivity contribution in [2.24, 2.45) is 0 Å². The monoisotopic (exact) mass is 482 g/mol. The minimum atomic E-state index is -0.997. The number of carboxylic acids is 1. The third-order valence-electron chi connectivity index (χ3n) is 6.61. The number of para-hydroxylation sites is 2. The molecule has 0 saturated carbocycles. The molecule has 0 saturated heterocycles. The lowest BCUT2D eigenvalue weighted by Gasteiger charge is -2.37. The van der Waals surface area contributed by atoms with Gasteiger partial charge in [0, 0.05) is 24.3 Å². The molecule has 1 heterocycles. The van der Waals surface area contributed by atoms with Crippen LogP contribution in [0, 0.1) is 6.92 Å². The van der Waals surface area contributed by atoms with E-state index in [1.165, 1.54) is 16.3 Å². The van der Waals surface area contributed by atoms with E-state index in [0.717, 1.165) is 22.7 Å². The molecular formula is C30H30N2O4. The molecule has 0 fully saturated rings. The zero-order valence-electron chi connectivity index (χ0n) is 20.5. The highest BCUT2D eigenvalue weighted by Crippen LogP contribution is 2.39. The molecule has 6 heteroatoms. The van der Waals surface area contributed by atoms with Crippen LogP contribution in [-0.4, -0.2) is 36.9 Å². The first-order chi connectivity index (χ1) is 17.5. The number of fused-ring (bicyclic) bond motifs is 2. The van der Waals surface area contributed by atoms with Gasteiger partial charge in [-0.1, -0.05) is 60.7 Å². The molecule has 4 aromatic carbocycles. The van der Waals surface area contributed by atoms with Gasteiger partial charge in [-0.15, -0.1) is 0 Å². The van der Waals surface area contributed by atoms with E-state index in [1.54, 1.807) is 0 Å². The van der Waals surface area contributed by atoms with Crippen LogP contribution in [0.4, 0.5) is 11.4 Å². The summed E-state index contributed by atoms with van der Waals surface area (Å²) in [5.74, 6) is 0.392. The number of carboxylic acid groups (broad SMARTS) is 1. The number of hydrogen-bond donors (Lipinski definition) is 2. The maximum atomic E-state index is 11.0. The molecule has 2 atom stereocenters. The number of hydrogen-bond acceptors (Lipinski definition) is 5. The van der Waals surface area contributed by atoms with Gasteiger partial charge in [-0.25, -0.2) is 4.79 Å². The molecule has 1 aliphatic heterocycles. The first-order valence-corrected chi connectivity index (χ1v) is 12.2. The Morgan fingerprint density at radius 1 is 1.08 bits per heavy atom. The van der Waals surface area contributed by atoms with Gasteiger partial charge >= 0.3 is 5.97 Å². The van der Waals surface area contributed by atoms with E-state index in [9.17, 15) is 4.79 Å². The Morgan fingerprint density at radius 3 is 2.72 bits per heavy atom. The van der Waals surface area contributed by atoms with Crippen LogP contribution in [0.5, 0.6) is 11.5 Å². The van der Waals surface area contributed by atoms with Crippen LogP contribution in [0.2, 0.25) is 0 Å². The largest absolute Gasteiger partial charge is 0.485 e. The Bertz CT molecular complexity index is 1380. The molecule has 6 nitrogen and oxygen atoms in total. The molecule has 4 aromatic rings. The van der Waals surface area contributed by atoms with E-state index in [2.05, 4.69) is 59.6 Å². The summed E-state index contributed by atoms with van der Waals surface area (Å²) in [5, 5.41) is 15.2. The highest BCUT2D eigenvalue weighted by atomic mass is 16.5. The number of rotatable bonds is 8. The SMILES string of the molecule is Cc1ccc(N2CC(CNC(C)c3cccc4ccccc34)Oc3ccccc32)cc1OCC(=O)O. The molecule has 0 aliphatic carbocycles. The Morgan fingerprint density at radius 2 is 1.86 bits per heavy atom. The van der Waals surface area contributed by atoms with Gasteiger partial charge < -0.3 is 24.8 Å². The Balaban J connectivity index is 1.36. The van der Waals surface area contributed by atoms with Gasteiger partial charge in [-0.05, 0) is 53.9 Å². The van der Waals surface area contributed by atoms with Crippen LogP contribution in [0.1, 0.15) is 24.1 Å². The van der Waals surface area contributed by atoms with Crippen LogP contribution >= 0.6 is 0 Å². The van der Waals surface area contributed by atoms with Gasteiger partial charge in [0.05, 0.1) is 12.2 Å². The molecule has 0 spiro atoms. The fourth-order valence-corrected chi connectivity index (χ4v) is 4.75. The van der Waals surface area contributed by atoms with Crippen molar-refractivity contribution in [3.63, 3.8) is 0 Å². The number of nitrogens with zero attached hydrogens (tertiary/aromatic N) is 1. The predicted octanol–water partition coefficient (Wildman–Crippen LogP) is 5.86. The Kier molecular flexibility index (Phi) is 6.78. The molecule has 0 radical (unpaired) electrons. The van der Waals surface area contributed by atoms with Gasteiger partial charge in [0.15, 0.2) is 6.61 Å². The van der Waals surface area contributed by atoms with Crippen LogP contribution in [0.3, 0.4) is 0 Å². The van der Waals surface area contributed by atoms with E-state index < -0.39 is 5.97 Å². The van der Waals surface area contributed by atoms with Crippen molar-refractivity contribution < 1.29 is 19.4 Å². The molecule has 0 bridgehead atoms. The molecule has 184 valence electrons. The summed E-state index contributed by atoms with van der Waals surface area (Å²) < 4.78 is 11.9. The highest BCUT2D eigenvalue weighted by molar-refractivity contribution is 5.86. The summed E-state index contributed by atoms with van der Waals surface area (Å²) in [7, 11) is 0. The number of ether oxygens (including phenoxy) is 2. The lowest BCUT2D eigenvalue weighted by atomic mass is 9.99. The molecular weight excluding hydrogens is 452 g/mol. The lowest BCUT2D eigenvalue weighted by molar-refractivity contribution is -0.139. The number of carbonyl (C=O) groups is 1. The predicted molar refractivity (Wildman–Crippen MR) is 143 cm³/mol. The molecule has 0 amide bonds. The van der Waals surface area contributed by atoms with Crippen LogP contribution in [-0.2, 0) is 4.79 Å². The van der Waals surface area contributed by atoms with Gasteiger partial charge in [0.1, 0.15) is 17.6 Å². The molecule has 2 N–H and O–H groups in total. The molecule has 0 aromatic heterocycles. The van der Waals surface area contributed by atoms with Crippen molar-refractivity contribution in [3.8, 4) is 11.5 Å². The summed E-state index contributed by atoms with van der Waals surface area (Å²) in [6.45, 7) is 5.04. The summed E-state index contributed by atoms with van der Waals surface area (Å²) in [6, 6.07) is 28.9. The van der Waals surface area contributed by atoms with Crippen LogP contribution in [0.25, 0.3) is 10.8 Å². The quantitative estimate of drug-likeness (QED) is 0.328. The maximum Gasteiger partial charge on any atom is 0.341 e. The molecule has 5 rings (SSSR count). The van der Waals surface area contributed by atoms with Crippen molar-refractivity contribution in [3.05, 3.63) is 96.1 Å². The number of nitrogens with one attached hydrogen (secondary N) is 1. The summed E-state index contributed by atoms with van der Waals surface area (Å²) >= 11 is 0. The van der Waals surface area contributed by atoms with Crippen molar-refractivity contribution in [1.29, 1.82) is 0 Å². The number of aliphatic carboxylic acids is 1. The first-order valence-electron chi connectivity index (χ1n) is 12.2. The van der Waals surface area contributed by atoms with Crippen molar-refractivity contribution in [2.45, 2.75) is 26.0 Å². The van der Waals surface area contributed by atoms with E-state index in [4.69, 9.17) is 14.6 Å². The Hall–Kier alpha value is -4.03. The zero-order chi connectivity index (χ0) is 25.1. The number of benzene rings is 4. The van der Waals surface area contributed by atoms with Gasteiger partial charge in [0.25, 0.3) is 0 Å². The second-order valence-electron chi connectivity index (χ2n) is 9.15. The van der Waals surface area contributed by atoms with E-state index in [1.807, 2.05) is 49.4 Å². The first kappa shape index (κ1) is 23.7.